The minimum Gasteiger partial charge on any atom is -0.477 e. The summed E-state index contributed by atoms with van der Waals surface area (Å²) in [7, 11) is -3.55. The van der Waals surface area contributed by atoms with Crippen LogP contribution in [0.25, 0.3) is 0 Å². The number of anilines is 1. The molecule has 30 heavy (non-hydrogen) atoms. The van der Waals surface area contributed by atoms with Crippen LogP contribution in [0, 0.1) is 0 Å². The topological polar surface area (TPSA) is 112 Å². The molecule has 2 aliphatic carbocycles. The van der Waals surface area contributed by atoms with Crippen molar-refractivity contribution in [3.8, 4) is 5.88 Å². The van der Waals surface area contributed by atoms with E-state index < -0.39 is 22.1 Å². The number of aromatic nitrogens is 2. The molecule has 2 heterocycles. The van der Waals surface area contributed by atoms with Gasteiger partial charge in [-0.3, -0.25) is 0 Å². The Kier molecular flexibility index (Phi) is 4.59. The van der Waals surface area contributed by atoms with Gasteiger partial charge in [0.1, 0.15) is 11.1 Å². The first-order valence-electron chi connectivity index (χ1n) is 10.2. The van der Waals surface area contributed by atoms with E-state index in [-0.39, 0.29) is 17.2 Å². The molecule has 0 saturated carbocycles. The number of nitrogens with two attached hydrogens (primary N) is 1. The van der Waals surface area contributed by atoms with Gasteiger partial charge in [0.05, 0.1) is 12.8 Å². The number of hydrogen-bond acceptors (Lipinski definition) is 4. The van der Waals surface area contributed by atoms with Gasteiger partial charge in [0.25, 0.3) is 0 Å². The lowest BCUT2D eigenvalue weighted by molar-refractivity contribution is 0.224. The number of hydrogen-bond donors (Lipinski definition) is 2. The predicted octanol–water partition coefficient (Wildman–Crippen LogP) is 3.08. The summed E-state index contributed by atoms with van der Waals surface area (Å²) in [5.74, 6) is 0.540. The third kappa shape index (κ3) is 3.18. The molecule has 1 aromatic heterocycles. The van der Waals surface area contributed by atoms with Crippen molar-refractivity contribution in [2.45, 2.75) is 62.6 Å². The summed E-state index contributed by atoms with van der Waals surface area (Å²) in [5, 5.41) is 12.9. The standard InChI is InChI=1S/C20H24FN5O3S/c1-11-3-4-12-7-13-8-14(21)9-15(13)18(17(11)12)24-20(27)25-30(22,28)16-10-23-26-5-2-6-29-19(16)26/h7,10-11,14H,2-6,8-9H2,1H3,(H3,22,24,25,27,28)/t11-,14+,30+/m1/s1. The van der Waals surface area contributed by atoms with Gasteiger partial charge in [0.15, 0.2) is 9.92 Å². The van der Waals surface area contributed by atoms with Gasteiger partial charge < -0.3 is 10.1 Å². The molecule has 1 aliphatic heterocycles. The highest BCUT2D eigenvalue weighted by molar-refractivity contribution is 7.91. The Morgan fingerprint density at radius 3 is 3.10 bits per heavy atom. The smallest absolute Gasteiger partial charge is 0.354 e. The van der Waals surface area contributed by atoms with Gasteiger partial charge in [-0.1, -0.05) is 13.0 Å². The number of rotatable bonds is 2. The molecule has 0 saturated heterocycles. The van der Waals surface area contributed by atoms with Crippen molar-refractivity contribution in [2.24, 2.45) is 9.50 Å². The molecule has 0 bridgehead atoms. The van der Waals surface area contributed by atoms with Crippen LogP contribution in [-0.2, 0) is 35.7 Å². The van der Waals surface area contributed by atoms with Crippen LogP contribution in [0.1, 0.15) is 47.9 Å². The van der Waals surface area contributed by atoms with Crippen LogP contribution < -0.4 is 15.2 Å². The van der Waals surface area contributed by atoms with E-state index in [1.807, 2.05) is 0 Å². The highest BCUT2D eigenvalue weighted by Crippen LogP contribution is 2.44. The highest BCUT2D eigenvalue weighted by atomic mass is 32.2. The maximum Gasteiger partial charge on any atom is 0.354 e. The average molecular weight is 434 g/mol. The molecular weight excluding hydrogens is 409 g/mol. The first-order chi connectivity index (χ1) is 14.3. The van der Waals surface area contributed by atoms with Crippen molar-refractivity contribution in [3.63, 3.8) is 0 Å². The largest absolute Gasteiger partial charge is 0.477 e. The lowest BCUT2D eigenvalue weighted by Crippen LogP contribution is -2.21. The highest BCUT2D eigenvalue weighted by Gasteiger charge is 2.32. The number of urea groups is 1. The Bertz CT molecular complexity index is 1170. The number of carbonyl (C=O) groups is 1. The lowest BCUT2D eigenvalue weighted by Gasteiger charge is -2.18. The Morgan fingerprint density at radius 2 is 2.27 bits per heavy atom. The first kappa shape index (κ1) is 19.5. The molecule has 10 heteroatoms. The fourth-order valence-corrected chi connectivity index (χ4v) is 5.79. The molecule has 3 aliphatic rings. The van der Waals surface area contributed by atoms with Crippen LogP contribution in [0.5, 0.6) is 5.88 Å². The fourth-order valence-electron chi connectivity index (χ4n) is 4.78. The summed E-state index contributed by atoms with van der Waals surface area (Å²) in [4.78, 5) is 12.9. The molecular formula is C20H24FN5O3S. The zero-order chi connectivity index (χ0) is 21.0. The first-order valence-corrected chi connectivity index (χ1v) is 11.8. The number of carbonyl (C=O) groups excluding carboxylic acids is 1. The lowest BCUT2D eigenvalue weighted by atomic mass is 9.95. The normalized spacial score (nSPS) is 23.7. The summed E-state index contributed by atoms with van der Waals surface area (Å²) in [5.41, 5.74) is 4.52. The Hall–Kier alpha value is -2.46. The van der Waals surface area contributed by atoms with Crippen LogP contribution in [-0.4, -0.2) is 32.8 Å². The monoisotopic (exact) mass is 433 g/mol. The molecule has 8 nitrogen and oxygen atoms in total. The third-order valence-corrected chi connectivity index (χ3v) is 7.49. The van der Waals surface area contributed by atoms with E-state index >= 15 is 0 Å². The van der Waals surface area contributed by atoms with Crippen LogP contribution in [0.4, 0.5) is 14.9 Å². The van der Waals surface area contributed by atoms with E-state index in [0.717, 1.165) is 41.5 Å². The van der Waals surface area contributed by atoms with Crippen molar-refractivity contribution in [1.82, 2.24) is 9.78 Å². The zero-order valence-electron chi connectivity index (χ0n) is 16.7. The Labute approximate surface area is 174 Å². The van der Waals surface area contributed by atoms with E-state index in [0.29, 0.717) is 31.1 Å². The van der Waals surface area contributed by atoms with Crippen molar-refractivity contribution < 1.29 is 18.1 Å². The fraction of sp³-hybridized carbons (Fsp3) is 0.500. The minimum absolute atomic E-state index is 0.109. The number of ether oxygens (including phenoxy) is 1. The van der Waals surface area contributed by atoms with E-state index in [1.54, 1.807) is 4.68 Å². The number of nitrogens with one attached hydrogen (secondary N) is 1. The van der Waals surface area contributed by atoms with Crippen molar-refractivity contribution in [2.75, 3.05) is 11.9 Å². The molecule has 0 fully saturated rings. The summed E-state index contributed by atoms with van der Waals surface area (Å²) in [6, 6.07) is 1.26. The number of benzene rings is 1. The number of nitrogens with zero attached hydrogens (tertiary/aromatic N) is 3. The molecule has 2 amide bonds. The summed E-state index contributed by atoms with van der Waals surface area (Å²) in [6.45, 7) is 3.18. The zero-order valence-corrected chi connectivity index (χ0v) is 17.5. The molecule has 0 spiro atoms. The summed E-state index contributed by atoms with van der Waals surface area (Å²) < 4.78 is 38.1. The summed E-state index contributed by atoms with van der Waals surface area (Å²) in [6.07, 6.45) is 3.65. The molecule has 0 radical (unpaired) electrons. The van der Waals surface area contributed by atoms with Crippen LogP contribution >= 0.6 is 0 Å². The number of alkyl halides is 1. The van der Waals surface area contributed by atoms with Crippen molar-refractivity contribution in [3.05, 3.63) is 34.5 Å². The minimum atomic E-state index is -3.55. The van der Waals surface area contributed by atoms with Crippen LogP contribution in [0.2, 0.25) is 0 Å². The molecule has 0 unspecified atom stereocenters. The van der Waals surface area contributed by atoms with E-state index in [2.05, 4.69) is 27.8 Å². The molecule has 3 atom stereocenters. The molecule has 3 N–H and O–H groups in total. The molecule has 5 rings (SSSR count). The maximum absolute atomic E-state index is 14.1. The maximum atomic E-state index is 14.1. The summed E-state index contributed by atoms with van der Waals surface area (Å²) >= 11 is 0. The predicted molar refractivity (Wildman–Crippen MR) is 110 cm³/mol. The number of halogens is 1. The molecule has 2 aromatic rings. The van der Waals surface area contributed by atoms with Gasteiger partial charge in [-0.25, -0.2) is 23.2 Å². The van der Waals surface area contributed by atoms with Gasteiger partial charge in [-0.05, 0) is 41.0 Å². The third-order valence-electron chi connectivity index (χ3n) is 6.14. The second-order valence-corrected chi connectivity index (χ2v) is 10.00. The van der Waals surface area contributed by atoms with Gasteiger partial charge in [0.2, 0.25) is 5.88 Å². The average Bonchev–Trinajstić information content (AvgIpc) is 3.37. The van der Waals surface area contributed by atoms with Crippen LogP contribution in [0.15, 0.2) is 21.5 Å². The number of aryl methyl sites for hydroxylation is 2. The van der Waals surface area contributed by atoms with E-state index in [9.17, 15) is 13.4 Å². The SMILES string of the molecule is C[C@@H]1CCc2cc3c(c(NC(=O)N=[S@](N)(=O)c4cnn5c4OCCC5)c21)C[C@@H](F)C3. The van der Waals surface area contributed by atoms with Gasteiger partial charge in [-0.15, -0.1) is 4.36 Å². The number of fused-ring (bicyclic) bond motifs is 3. The van der Waals surface area contributed by atoms with E-state index in [1.165, 1.54) is 6.20 Å². The number of amides is 2. The van der Waals surface area contributed by atoms with Crippen LogP contribution in [0.3, 0.4) is 0 Å². The van der Waals surface area contributed by atoms with Gasteiger partial charge in [0, 0.05) is 31.5 Å². The molecule has 1 aromatic carbocycles. The second kappa shape index (κ2) is 7.05. The van der Waals surface area contributed by atoms with Crippen molar-refractivity contribution in [1.29, 1.82) is 0 Å². The van der Waals surface area contributed by atoms with Crippen molar-refractivity contribution >= 4 is 21.6 Å². The quantitative estimate of drug-likeness (QED) is 0.758. The van der Waals surface area contributed by atoms with Gasteiger partial charge >= 0.3 is 6.03 Å². The Balaban J connectivity index is 1.51. The molecule has 160 valence electrons. The second-order valence-electron chi connectivity index (χ2n) is 8.24. The van der Waals surface area contributed by atoms with E-state index in [4.69, 9.17) is 9.88 Å². The Morgan fingerprint density at radius 1 is 1.43 bits per heavy atom. The van der Waals surface area contributed by atoms with Gasteiger partial charge in [-0.2, -0.15) is 5.10 Å².